The number of aliphatic hydroxyl groups excluding tert-OH is 1. The van der Waals surface area contributed by atoms with Gasteiger partial charge in [0.1, 0.15) is 17.9 Å². The average Bonchev–Trinajstić information content (AvgIpc) is 3.00. The lowest BCUT2D eigenvalue weighted by atomic mass is 10.0. The minimum absolute atomic E-state index is 0.305. The van der Waals surface area contributed by atoms with Crippen LogP contribution in [-0.2, 0) is 13.0 Å². The van der Waals surface area contributed by atoms with Crippen LogP contribution >= 0.6 is 0 Å². The van der Waals surface area contributed by atoms with Gasteiger partial charge in [-0.05, 0) is 25.5 Å². The van der Waals surface area contributed by atoms with E-state index < -0.39 is 6.10 Å². The molecule has 1 aromatic heterocycles. The van der Waals surface area contributed by atoms with Crippen LogP contribution in [0.4, 0.5) is 0 Å². The van der Waals surface area contributed by atoms with E-state index in [2.05, 4.69) is 15.4 Å². The molecule has 2 atom stereocenters. The van der Waals surface area contributed by atoms with Crippen molar-refractivity contribution in [3.8, 4) is 5.75 Å². The van der Waals surface area contributed by atoms with Gasteiger partial charge in [0.25, 0.3) is 0 Å². The molecule has 1 aliphatic heterocycles. The molecule has 1 aliphatic rings. The van der Waals surface area contributed by atoms with Gasteiger partial charge in [0.15, 0.2) is 0 Å². The van der Waals surface area contributed by atoms with E-state index in [1.54, 1.807) is 13.4 Å². The fourth-order valence-electron chi connectivity index (χ4n) is 2.91. The highest BCUT2D eigenvalue weighted by atomic mass is 16.5. The molecule has 3 rings (SSSR count). The summed E-state index contributed by atoms with van der Waals surface area (Å²) in [7, 11) is 1.63. The number of aliphatic hydroxyl groups is 1. The van der Waals surface area contributed by atoms with Gasteiger partial charge in [0.2, 0.25) is 0 Å². The molecule has 0 aliphatic carbocycles. The van der Waals surface area contributed by atoms with E-state index in [0.29, 0.717) is 12.6 Å². The van der Waals surface area contributed by atoms with Crippen molar-refractivity contribution >= 4 is 0 Å². The number of fused-ring (bicyclic) bond motifs is 1. The number of hydrogen-bond donors (Lipinski definition) is 2. The van der Waals surface area contributed by atoms with E-state index in [-0.39, 0.29) is 0 Å². The topological polar surface area (TPSA) is 72.2 Å². The number of aromatic nitrogens is 3. The summed E-state index contributed by atoms with van der Waals surface area (Å²) in [6.45, 7) is 3.30. The minimum Gasteiger partial charge on any atom is -0.496 e. The van der Waals surface area contributed by atoms with Gasteiger partial charge in [-0.2, -0.15) is 5.10 Å². The van der Waals surface area contributed by atoms with Gasteiger partial charge in [0.05, 0.1) is 19.8 Å². The van der Waals surface area contributed by atoms with Gasteiger partial charge in [-0.15, -0.1) is 0 Å². The van der Waals surface area contributed by atoms with E-state index >= 15 is 0 Å². The third-order valence-electron chi connectivity index (χ3n) is 4.15. The first kappa shape index (κ1) is 15.0. The predicted octanol–water partition coefficient (Wildman–Crippen LogP) is 1.23. The number of ether oxygens (including phenoxy) is 1. The summed E-state index contributed by atoms with van der Waals surface area (Å²) in [6, 6.07) is 6.16. The highest BCUT2D eigenvalue weighted by molar-refractivity contribution is 5.38. The monoisotopic (exact) mass is 302 g/mol. The molecular weight excluding hydrogens is 280 g/mol. The molecule has 2 N–H and O–H groups in total. The lowest BCUT2D eigenvalue weighted by molar-refractivity contribution is 0.161. The Kier molecular flexibility index (Phi) is 4.40. The highest BCUT2D eigenvalue weighted by Gasteiger charge is 2.21. The van der Waals surface area contributed by atoms with Crippen LogP contribution in [0.1, 0.15) is 29.5 Å². The molecule has 0 saturated heterocycles. The molecule has 0 spiro atoms. The fraction of sp³-hybridized carbons (Fsp3) is 0.500. The van der Waals surface area contributed by atoms with E-state index in [1.807, 2.05) is 29.8 Å². The van der Waals surface area contributed by atoms with Crippen LogP contribution in [0.25, 0.3) is 0 Å². The van der Waals surface area contributed by atoms with Crippen molar-refractivity contribution in [1.82, 2.24) is 20.1 Å². The molecule has 0 unspecified atom stereocenters. The number of nitrogens with zero attached hydrogens (tertiary/aromatic N) is 3. The van der Waals surface area contributed by atoms with Gasteiger partial charge in [0, 0.05) is 24.6 Å². The van der Waals surface area contributed by atoms with Crippen molar-refractivity contribution in [3.63, 3.8) is 0 Å². The second-order valence-electron chi connectivity index (χ2n) is 5.76. The maximum Gasteiger partial charge on any atom is 0.138 e. The second-order valence-corrected chi connectivity index (χ2v) is 5.76. The predicted molar refractivity (Wildman–Crippen MR) is 82.8 cm³/mol. The van der Waals surface area contributed by atoms with Gasteiger partial charge in [-0.1, -0.05) is 11.6 Å². The van der Waals surface area contributed by atoms with Gasteiger partial charge in [-0.3, -0.25) is 0 Å². The molecule has 0 fully saturated rings. The summed E-state index contributed by atoms with van der Waals surface area (Å²) in [5.74, 6) is 1.76. The third kappa shape index (κ3) is 3.13. The normalized spacial score (nSPS) is 18.8. The Morgan fingerprint density at radius 1 is 1.50 bits per heavy atom. The first-order chi connectivity index (χ1) is 10.7. The number of aryl methyl sites for hydroxylation is 2. The van der Waals surface area contributed by atoms with E-state index in [1.165, 1.54) is 0 Å². The standard InChI is InChI=1S/C16H22N4O2/c1-11-3-5-15(22-2)13(7-11)14(21)8-17-12-4-6-16-18-10-19-20(16)9-12/h3,5,7,10,12,14,17,21H,4,6,8-9H2,1-2H3/t12-,14-/m0/s1. The molecule has 0 bridgehead atoms. The Hall–Kier alpha value is -1.92. The zero-order valence-electron chi connectivity index (χ0n) is 13.0. The second kappa shape index (κ2) is 6.46. The summed E-state index contributed by atoms with van der Waals surface area (Å²) >= 11 is 0. The van der Waals surface area contributed by atoms with Crippen molar-refractivity contribution in [1.29, 1.82) is 0 Å². The van der Waals surface area contributed by atoms with Crippen LogP contribution in [0, 0.1) is 6.92 Å². The number of methoxy groups -OCH3 is 1. The first-order valence-electron chi connectivity index (χ1n) is 7.60. The molecular formula is C16H22N4O2. The molecule has 1 aromatic carbocycles. The van der Waals surface area contributed by atoms with E-state index in [9.17, 15) is 5.11 Å². The highest BCUT2D eigenvalue weighted by Crippen LogP contribution is 2.26. The van der Waals surface area contributed by atoms with Crippen LogP contribution < -0.4 is 10.1 Å². The molecule has 2 heterocycles. The summed E-state index contributed by atoms with van der Waals surface area (Å²) in [5.41, 5.74) is 1.94. The van der Waals surface area contributed by atoms with Crippen LogP contribution in [0.3, 0.4) is 0 Å². The number of rotatable bonds is 5. The Labute approximate surface area is 130 Å². The molecule has 6 nitrogen and oxygen atoms in total. The molecule has 0 amide bonds. The smallest absolute Gasteiger partial charge is 0.138 e. The molecule has 6 heteroatoms. The van der Waals surface area contributed by atoms with Crippen molar-refractivity contribution in [2.24, 2.45) is 0 Å². The first-order valence-corrected chi connectivity index (χ1v) is 7.60. The van der Waals surface area contributed by atoms with Crippen LogP contribution in [0.5, 0.6) is 5.75 Å². The van der Waals surface area contributed by atoms with Crippen molar-refractivity contribution < 1.29 is 9.84 Å². The van der Waals surface area contributed by atoms with Crippen LogP contribution in [0.2, 0.25) is 0 Å². The van der Waals surface area contributed by atoms with Gasteiger partial charge < -0.3 is 15.2 Å². The zero-order valence-corrected chi connectivity index (χ0v) is 13.0. The number of hydrogen-bond acceptors (Lipinski definition) is 5. The molecule has 22 heavy (non-hydrogen) atoms. The van der Waals surface area contributed by atoms with Gasteiger partial charge >= 0.3 is 0 Å². The lowest BCUT2D eigenvalue weighted by Gasteiger charge is -2.25. The SMILES string of the molecule is COc1ccc(C)cc1[C@@H](O)CN[C@H]1CCc2ncnn2C1. The maximum atomic E-state index is 10.5. The number of nitrogens with one attached hydrogen (secondary N) is 1. The molecule has 0 saturated carbocycles. The minimum atomic E-state index is -0.591. The summed E-state index contributed by atoms with van der Waals surface area (Å²) in [5, 5.41) is 18.1. The van der Waals surface area contributed by atoms with Crippen molar-refractivity contribution in [3.05, 3.63) is 41.5 Å². The zero-order chi connectivity index (χ0) is 15.5. The van der Waals surface area contributed by atoms with E-state index in [0.717, 1.165) is 42.1 Å². The molecule has 2 aromatic rings. The Morgan fingerprint density at radius 3 is 3.18 bits per heavy atom. The summed E-state index contributed by atoms with van der Waals surface area (Å²) in [4.78, 5) is 4.22. The molecule has 0 radical (unpaired) electrons. The average molecular weight is 302 g/mol. The lowest BCUT2D eigenvalue weighted by Crippen LogP contribution is -2.39. The molecule has 118 valence electrons. The number of benzene rings is 1. The Bertz CT molecular complexity index is 641. The quantitative estimate of drug-likeness (QED) is 0.869. The van der Waals surface area contributed by atoms with Crippen LogP contribution in [0.15, 0.2) is 24.5 Å². The van der Waals surface area contributed by atoms with Crippen molar-refractivity contribution in [2.75, 3.05) is 13.7 Å². The van der Waals surface area contributed by atoms with Gasteiger partial charge in [-0.25, -0.2) is 9.67 Å². The fourth-order valence-corrected chi connectivity index (χ4v) is 2.91. The maximum absolute atomic E-state index is 10.5. The largest absolute Gasteiger partial charge is 0.496 e. The Balaban J connectivity index is 1.61. The summed E-state index contributed by atoms with van der Waals surface area (Å²) < 4.78 is 7.27. The van der Waals surface area contributed by atoms with E-state index in [4.69, 9.17) is 4.74 Å². The van der Waals surface area contributed by atoms with Crippen LogP contribution in [-0.4, -0.2) is 39.6 Å². The summed E-state index contributed by atoms with van der Waals surface area (Å²) in [6.07, 6.45) is 2.94. The van der Waals surface area contributed by atoms with Crippen molar-refractivity contribution in [2.45, 2.75) is 38.5 Å². The Morgan fingerprint density at radius 2 is 2.36 bits per heavy atom. The third-order valence-corrected chi connectivity index (χ3v) is 4.15.